The van der Waals surface area contributed by atoms with Crippen LogP contribution in [-0.2, 0) is 4.84 Å². The molecular formula is C22H19NO3. The Morgan fingerprint density at radius 2 is 1.19 bits per heavy atom. The van der Waals surface area contributed by atoms with Crippen molar-refractivity contribution < 1.29 is 14.4 Å². The summed E-state index contributed by atoms with van der Waals surface area (Å²) in [5.41, 5.74) is 3.39. The molecule has 1 amide bonds. The van der Waals surface area contributed by atoms with Gasteiger partial charge in [-0.2, -0.15) is 0 Å². The van der Waals surface area contributed by atoms with E-state index in [1.165, 1.54) is 0 Å². The van der Waals surface area contributed by atoms with Gasteiger partial charge in [-0.15, -0.1) is 5.06 Å². The first kappa shape index (κ1) is 17.4. The molecule has 0 spiro atoms. The van der Waals surface area contributed by atoms with Crippen molar-refractivity contribution in [1.82, 2.24) is 0 Å². The summed E-state index contributed by atoms with van der Waals surface area (Å²) in [7, 11) is 0. The van der Waals surface area contributed by atoms with Gasteiger partial charge in [0.05, 0.1) is 11.3 Å². The SMILES string of the molecule is Cc1ccc(C(=O)ON(C(=O)c2ccc(C)cc2)c2ccccc2)cc1. The Bertz CT molecular complexity index is 900. The lowest BCUT2D eigenvalue weighted by molar-refractivity contribution is 0.0409. The maximum Gasteiger partial charge on any atom is 0.363 e. The van der Waals surface area contributed by atoms with Crippen molar-refractivity contribution in [1.29, 1.82) is 0 Å². The number of carbonyl (C=O) groups is 2. The Labute approximate surface area is 152 Å². The summed E-state index contributed by atoms with van der Waals surface area (Å²) >= 11 is 0. The highest BCUT2D eigenvalue weighted by atomic mass is 16.7. The van der Waals surface area contributed by atoms with Crippen LogP contribution < -0.4 is 5.06 Å². The van der Waals surface area contributed by atoms with Crippen LogP contribution in [0.4, 0.5) is 5.69 Å². The van der Waals surface area contributed by atoms with Gasteiger partial charge < -0.3 is 4.84 Å². The lowest BCUT2D eigenvalue weighted by atomic mass is 10.1. The molecule has 0 fully saturated rings. The van der Waals surface area contributed by atoms with Crippen molar-refractivity contribution in [3.05, 3.63) is 101 Å². The zero-order valence-electron chi connectivity index (χ0n) is 14.7. The molecule has 0 saturated heterocycles. The molecule has 3 aromatic rings. The number of nitrogens with zero attached hydrogens (tertiary/aromatic N) is 1. The van der Waals surface area contributed by atoms with Crippen LogP contribution in [0.5, 0.6) is 0 Å². The number of anilines is 1. The molecule has 0 unspecified atom stereocenters. The van der Waals surface area contributed by atoms with Gasteiger partial charge in [0.25, 0.3) is 5.91 Å². The topological polar surface area (TPSA) is 46.6 Å². The average Bonchev–Trinajstić information content (AvgIpc) is 2.67. The fraction of sp³-hybridized carbons (Fsp3) is 0.0909. The summed E-state index contributed by atoms with van der Waals surface area (Å²) in [5.74, 6) is -0.994. The summed E-state index contributed by atoms with van der Waals surface area (Å²) in [6, 6.07) is 23.0. The van der Waals surface area contributed by atoms with Crippen LogP contribution in [0.25, 0.3) is 0 Å². The smallest absolute Gasteiger partial charge is 0.327 e. The summed E-state index contributed by atoms with van der Waals surface area (Å²) in [4.78, 5) is 30.9. The van der Waals surface area contributed by atoms with Crippen LogP contribution in [-0.4, -0.2) is 11.9 Å². The second-order valence-corrected chi connectivity index (χ2v) is 6.05. The van der Waals surface area contributed by atoms with Crippen molar-refractivity contribution >= 4 is 17.6 Å². The average molecular weight is 345 g/mol. The molecule has 0 saturated carbocycles. The van der Waals surface area contributed by atoms with Gasteiger partial charge in [0.2, 0.25) is 0 Å². The number of hydrogen-bond donors (Lipinski definition) is 0. The molecule has 26 heavy (non-hydrogen) atoms. The standard InChI is InChI=1S/C22H19NO3/c1-16-8-12-18(13-9-16)21(24)23(20-6-4-3-5-7-20)26-22(25)19-14-10-17(2)11-15-19/h3-15H,1-2H3. The lowest BCUT2D eigenvalue weighted by Gasteiger charge is -2.21. The molecule has 0 aliphatic heterocycles. The van der Waals surface area contributed by atoms with Crippen LogP contribution in [0.2, 0.25) is 0 Å². The quantitative estimate of drug-likeness (QED) is 0.645. The zero-order valence-corrected chi connectivity index (χ0v) is 14.7. The minimum absolute atomic E-state index is 0.383. The van der Waals surface area contributed by atoms with E-state index >= 15 is 0 Å². The van der Waals surface area contributed by atoms with E-state index in [4.69, 9.17) is 4.84 Å². The van der Waals surface area contributed by atoms with E-state index in [1.54, 1.807) is 48.5 Å². The summed E-state index contributed by atoms with van der Waals surface area (Å²) in [6.07, 6.45) is 0. The molecule has 0 aromatic heterocycles. The van der Waals surface area contributed by atoms with Crippen LogP contribution in [0.1, 0.15) is 31.8 Å². The zero-order chi connectivity index (χ0) is 18.5. The number of benzene rings is 3. The first-order valence-corrected chi connectivity index (χ1v) is 8.30. The van der Waals surface area contributed by atoms with Crippen molar-refractivity contribution in [3.63, 3.8) is 0 Å². The van der Waals surface area contributed by atoms with Gasteiger partial charge >= 0.3 is 5.97 Å². The third-order valence-electron chi connectivity index (χ3n) is 3.94. The fourth-order valence-corrected chi connectivity index (χ4v) is 2.41. The molecule has 0 aliphatic carbocycles. The maximum atomic E-state index is 12.9. The van der Waals surface area contributed by atoms with E-state index in [-0.39, 0.29) is 0 Å². The minimum Gasteiger partial charge on any atom is -0.327 e. The summed E-state index contributed by atoms with van der Waals surface area (Å²) in [6.45, 7) is 3.88. The van der Waals surface area contributed by atoms with Crippen molar-refractivity contribution in [2.75, 3.05) is 5.06 Å². The van der Waals surface area contributed by atoms with Crippen molar-refractivity contribution in [2.45, 2.75) is 13.8 Å². The van der Waals surface area contributed by atoms with Gasteiger partial charge in [0, 0.05) is 5.56 Å². The minimum atomic E-state index is -0.589. The van der Waals surface area contributed by atoms with Gasteiger partial charge in [0.15, 0.2) is 0 Å². The molecule has 3 rings (SSSR count). The molecule has 0 aliphatic rings. The highest BCUT2D eigenvalue weighted by Gasteiger charge is 2.23. The summed E-state index contributed by atoms with van der Waals surface area (Å²) in [5, 5.41) is 1.03. The summed E-state index contributed by atoms with van der Waals surface area (Å²) < 4.78 is 0. The van der Waals surface area contributed by atoms with E-state index in [0.717, 1.165) is 16.2 Å². The normalized spacial score (nSPS) is 10.2. The van der Waals surface area contributed by atoms with Gasteiger partial charge in [-0.1, -0.05) is 53.6 Å². The van der Waals surface area contributed by atoms with E-state index in [9.17, 15) is 9.59 Å². The van der Waals surface area contributed by atoms with E-state index in [1.807, 2.05) is 44.2 Å². The van der Waals surface area contributed by atoms with E-state index < -0.39 is 11.9 Å². The largest absolute Gasteiger partial charge is 0.363 e. The van der Waals surface area contributed by atoms with E-state index in [0.29, 0.717) is 16.8 Å². The number of hydrogen-bond acceptors (Lipinski definition) is 3. The molecular weight excluding hydrogens is 326 g/mol. The maximum absolute atomic E-state index is 12.9. The molecule has 0 N–H and O–H groups in total. The Morgan fingerprint density at radius 1 is 0.692 bits per heavy atom. The number of rotatable bonds is 3. The van der Waals surface area contributed by atoms with Crippen LogP contribution in [0, 0.1) is 13.8 Å². The monoisotopic (exact) mass is 345 g/mol. The molecule has 130 valence electrons. The first-order chi connectivity index (χ1) is 12.5. The van der Waals surface area contributed by atoms with Crippen molar-refractivity contribution in [3.8, 4) is 0 Å². The predicted octanol–water partition coefficient (Wildman–Crippen LogP) is 4.72. The van der Waals surface area contributed by atoms with Crippen LogP contribution in [0.15, 0.2) is 78.9 Å². The number of aryl methyl sites for hydroxylation is 2. The first-order valence-electron chi connectivity index (χ1n) is 8.30. The molecule has 0 atom stereocenters. The Morgan fingerprint density at radius 3 is 1.73 bits per heavy atom. The highest BCUT2D eigenvalue weighted by molar-refractivity contribution is 6.06. The third-order valence-corrected chi connectivity index (χ3v) is 3.94. The predicted molar refractivity (Wildman–Crippen MR) is 101 cm³/mol. The fourth-order valence-electron chi connectivity index (χ4n) is 2.41. The third kappa shape index (κ3) is 3.98. The second-order valence-electron chi connectivity index (χ2n) is 6.05. The van der Waals surface area contributed by atoms with Crippen molar-refractivity contribution in [2.24, 2.45) is 0 Å². The van der Waals surface area contributed by atoms with Gasteiger partial charge in [0.1, 0.15) is 0 Å². The van der Waals surface area contributed by atoms with Gasteiger partial charge in [-0.25, -0.2) is 4.79 Å². The van der Waals surface area contributed by atoms with Gasteiger partial charge in [-0.3, -0.25) is 4.79 Å². The molecule has 4 heteroatoms. The van der Waals surface area contributed by atoms with Gasteiger partial charge in [-0.05, 0) is 50.2 Å². The number of carbonyl (C=O) groups excluding carboxylic acids is 2. The molecule has 3 aromatic carbocycles. The molecule has 0 heterocycles. The number of hydroxylamine groups is 1. The highest BCUT2D eigenvalue weighted by Crippen LogP contribution is 2.19. The second kappa shape index (κ2) is 7.66. The Kier molecular flexibility index (Phi) is 5.13. The van der Waals surface area contributed by atoms with E-state index in [2.05, 4.69) is 0 Å². The number of amides is 1. The Hall–Kier alpha value is -3.40. The van der Waals surface area contributed by atoms with Crippen LogP contribution in [0.3, 0.4) is 0 Å². The molecule has 0 radical (unpaired) electrons. The molecule has 0 bridgehead atoms. The number of para-hydroxylation sites is 1. The van der Waals surface area contributed by atoms with Crippen LogP contribution >= 0.6 is 0 Å². The lowest BCUT2D eigenvalue weighted by Crippen LogP contribution is -2.33. The Balaban J connectivity index is 1.91. The molecule has 4 nitrogen and oxygen atoms in total.